The molecule has 1 aliphatic heterocycles. The van der Waals surface area contributed by atoms with Crippen molar-refractivity contribution in [3.05, 3.63) is 63.5 Å². The van der Waals surface area contributed by atoms with Crippen LogP contribution in [0.1, 0.15) is 22.8 Å². The standard InChI is InChI=1S/C17H16FN3O5S/c1-10-7-12-8-11(3-6-15(12)20(10)27(2,25)26)17(22)19-13-4-5-14(18)16(9-13)21(23)24/h3-6,8-10H,7H2,1-2H3,(H,19,22)/t10-/m0/s1. The SMILES string of the molecule is C[C@H]1Cc2cc(C(=O)Nc3ccc(F)c([N+](=O)[O-])c3)ccc2N1S(C)(=O)=O. The van der Waals surface area contributed by atoms with Gasteiger partial charge in [0.1, 0.15) is 0 Å². The van der Waals surface area contributed by atoms with Gasteiger partial charge in [0.15, 0.2) is 0 Å². The van der Waals surface area contributed by atoms with E-state index in [0.29, 0.717) is 17.7 Å². The molecule has 2 aromatic carbocycles. The van der Waals surface area contributed by atoms with Crippen molar-refractivity contribution in [2.24, 2.45) is 0 Å². The summed E-state index contributed by atoms with van der Waals surface area (Å²) in [4.78, 5) is 22.4. The Morgan fingerprint density at radius 3 is 2.63 bits per heavy atom. The van der Waals surface area contributed by atoms with Gasteiger partial charge in [-0.05, 0) is 49.2 Å². The summed E-state index contributed by atoms with van der Waals surface area (Å²) in [7, 11) is -3.43. The zero-order chi connectivity index (χ0) is 19.9. The smallest absolute Gasteiger partial charge is 0.306 e. The van der Waals surface area contributed by atoms with Crippen molar-refractivity contribution in [1.29, 1.82) is 0 Å². The van der Waals surface area contributed by atoms with Crippen molar-refractivity contribution in [2.45, 2.75) is 19.4 Å². The van der Waals surface area contributed by atoms with Crippen LogP contribution in [0.15, 0.2) is 36.4 Å². The first-order valence-corrected chi connectivity index (χ1v) is 9.80. The van der Waals surface area contributed by atoms with Crippen LogP contribution in [0.3, 0.4) is 0 Å². The normalized spacial score (nSPS) is 16.1. The molecule has 0 fully saturated rings. The number of benzene rings is 2. The lowest BCUT2D eigenvalue weighted by Crippen LogP contribution is -2.34. The van der Waals surface area contributed by atoms with Crippen molar-refractivity contribution in [1.82, 2.24) is 0 Å². The number of amides is 1. The second kappa shape index (κ2) is 6.62. The number of carbonyl (C=O) groups is 1. The number of nitro benzene ring substituents is 1. The van der Waals surface area contributed by atoms with Crippen LogP contribution >= 0.6 is 0 Å². The van der Waals surface area contributed by atoms with Gasteiger partial charge in [0, 0.05) is 23.4 Å². The first-order valence-electron chi connectivity index (χ1n) is 7.95. The number of hydrogen-bond acceptors (Lipinski definition) is 5. The van der Waals surface area contributed by atoms with Gasteiger partial charge in [0.2, 0.25) is 15.8 Å². The highest BCUT2D eigenvalue weighted by Crippen LogP contribution is 2.35. The number of hydrogen-bond donors (Lipinski definition) is 1. The number of halogens is 1. The van der Waals surface area contributed by atoms with E-state index in [-0.39, 0.29) is 17.3 Å². The third kappa shape index (κ3) is 3.61. The Morgan fingerprint density at radius 2 is 2.00 bits per heavy atom. The van der Waals surface area contributed by atoms with Gasteiger partial charge in [0.25, 0.3) is 5.91 Å². The summed E-state index contributed by atoms with van der Waals surface area (Å²) in [6.45, 7) is 1.78. The fraction of sp³-hybridized carbons (Fsp3) is 0.235. The van der Waals surface area contributed by atoms with E-state index in [1.54, 1.807) is 19.1 Å². The second-order valence-electron chi connectivity index (χ2n) is 6.33. The average Bonchev–Trinajstić information content (AvgIpc) is 2.91. The molecule has 1 amide bonds. The van der Waals surface area contributed by atoms with Gasteiger partial charge in [-0.2, -0.15) is 4.39 Å². The van der Waals surface area contributed by atoms with Crippen LogP contribution in [0.2, 0.25) is 0 Å². The van der Waals surface area contributed by atoms with Crippen molar-refractivity contribution in [3.8, 4) is 0 Å². The molecule has 2 aromatic rings. The van der Waals surface area contributed by atoms with Crippen molar-refractivity contribution >= 4 is 33.0 Å². The van der Waals surface area contributed by atoms with E-state index < -0.39 is 32.4 Å². The van der Waals surface area contributed by atoms with Crippen LogP contribution in [0.4, 0.5) is 21.5 Å². The summed E-state index contributed by atoms with van der Waals surface area (Å²) in [5, 5.41) is 13.3. The van der Waals surface area contributed by atoms with Crippen LogP contribution in [-0.2, 0) is 16.4 Å². The lowest BCUT2D eigenvalue weighted by molar-refractivity contribution is -0.387. The Hall–Kier alpha value is -3.01. The molecule has 0 spiro atoms. The molecule has 10 heteroatoms. The summed E-state index contributed by atoms with van der Waals surface area (Å²) < 4.78 is 38.6. The van der Waals surface area contributed by atoms with Crippen LogP contribution in [-0.4, -0.2) is 31.5 Å². The van der Waals surface area contributed by atoms with Crippen LogP contribution in [0.5, 0.6) is 0 Å². The number of nitrogens with one attached hydrogen (secondary N) is 1. The van der Waals surface area contributed by atoms with Gasteiger partial charge in [-0.1, -0.05) is 0 Å². The molecule has 8 nitrogen and oxygen atoms in total. The Balaban J connectivity index is 1.87. The molecule has 27 heavy (non-hydrogen) atoms. The first-order chi connectivity index (χ1) is 12.6. The molecule has 1 heterocycles. The predicted octanol–water partition coefficient (Wildman–Crippen LogP) is 2.70. The zero-order valence-corrected chi connectivity index (χ0v) is 15.3. The molecule has 1 N–H and O–H groups in total. The van der Waals surface area contributed by atoms with Crippen LogP contribution < -0.4 is 9.62 Å². The Labute approximate surface area is 154 Å². The highest BCUT2D eigenvalue weighted by Gasteiger charge is 2.32. The third-order valence-corrected chi connectivity index (χ3v) is 5.52. The lowest BCUT2D eigenvalue weighted by Gasteiger charge is -2.21. The number of carbonyl (C=O) groups excluding carboxylic acids is 1. The van der Waals surface area contributed by atoms with E-state index in [2.05, 4.69) is 5.32 Å². The highest BCUT2D eigenvalue weighted by molar-refractivity contribution is 7.92. The number of nitrogens with zero attached hydrogens (tertiary/aromatic N) is 2. The molecule has 142 valence electrons. The van der Waals surface area contributed by atoms with E-state index in [1.165, 1.54) is 16.4 Å². The molecule has 0 unspecified atom stereocenters. The van der Waals surface area contributed by atoms with E-state index >= 15 is 0 Å². The van der Waals surface area contributed by atoms with Crippen LogP contribution in [0.25, 0.3) is 0 Å². The fourth-order valence-electron chi connectivity index (χ4n) is 3.18. The van der Waals surface area contributed by atoms with E-state index in [4.69, 9.17) is 0 Å². The molecule has 0 aliphatic carbocycles. The molecule has 0 radical (unpaired) electrons. The maximum absolute atomic E-state index is 13.4. The molecule has 1 aliphatic rings. The average molecular weight is 393 g/mol. The number of nitro groups is 1. The maximum Gasteiger partial charge on any atom is 0.306 e. The first kappa shape index (κ1) is 18.8. The molecule has 0 bridgehead atoms. The topological polar surface area (TPSA) is 110 Å². The van der Waals surface area contributed by atoms with Gasteiger partial charge >= 0.3 is 5.69 Å². The zero-order valence-electron chi connectivity index (χ0n) is 14.5. The number of anilines is 2. The Bertz CT molecular complexity index is 1050. The van der Waals surface area contributed by atoms with Crippen LogP contribution in [0, 0.1) is 15.9 Å². The highest BCUT2D eigenvalue weighted by atomic mass is 32.2. The van der Waals surface area contributed by atoms with Gasteiger partial charge < -0.3 is 5.32 Å². The number of rotatable bonds is 4. The van der Waals surface area contributed by atoms with Gasteiger partial charge in [-0.3, -0.25) is 19.2 Å². The minimum Gasteiger partial charge on any atom is -0.322 e. The summed E-state index contributed by atoms with van der Waals surface area (Å²) in [6.07, 6.45) is 1.59. The summed E-state index contributed by atoms with van der Waals surface area (Å²) in [5.41, 5.74) is 0.854. The maximum atomic E-state index is 13.4. The van der Waals surface area contributed by atoms with Crippen molar-refractivity contribution < 1.29 is 22.5 Å². The summed E-state index contributed by atoms with van der Waals surface area (Å²) in [5.74, 6) is -1.53. The largest absolute Gasteiger partial charge is 0.322 e. The lowest BCUT2D eigenvalue weighted by atomic mass is 10.1. The minimum absolute atomic E-state index is 0.0831. The number of sulfonamides is 1. The molecule has 0 saturated carbocycles. The second-order valence-corrected chi connectivity index (χ2v) is 8.19. The predicted molar refractivity (Wildman–Crippen MR) is 97.9 cm³/mol. The van der Waals surface area contributed by atoms with Crippen molar-refractivity contribution in [2.75, 3.05) is 15.9 Å². The Morgan fingerprint density at radius 1 is 1.30 bits per heavy atom. The van der Waals surface area contributed by atoms with Gasteiger partial charge in [-0.15, -0.1) is 0 Å². The van der Waals surface area contributed by atoms with Crippen molar-refractivity contribution in [3.63, 3.8) is 0 Å². The van der Waals surface area contributed by atoms with E-state index in [0.717, 1.165) is 18.4 Å². The molecular weight excluding hydrogens is 377 g/mol. The van der Waals surface area contributed by atoms with E-state index in [1.807, 2.05) is 0 Å². The third-order valence-electron chi connectivity index (χ3n) is 4.25. The molecular formula is C17H16FN3O5S. The number of fused-ring (bicyclic) bond motifs is 1. The summed E-state index contributed by atoms with van der Waals surface area (Å²) >= 11 is 0. The molecule has 1 atom stereocenters. The molecule has 0 aromatic heterocycles. The monoisotopic (exact) mass is 393 g/mol. The quantitative estimate of drug-likeness (QED) is 0.634. The van der Waals surface area contributed by atoms with E-state index in [9.17, 15) is 27.7 Å². The van der Waals surface area contributed by atoms with Gasteiger partial charge in [-0.25, -0.2) is 8.42 Å². The minimum atomic E-state index is -3.43. The Kier molecular flexibility index (Phi) is 4.60. The molecule has 0 saturated heterocycles. The van der Waals surface area contributed by atoms with Gasteiger partial charge in [0.05, 0.1) is 16.9 Å². The molecule has 3 rings (SSSR count). The fourth-order valence-corrected chi connectivity index (χ4v) is 4.45. The summed E-state index contributed by atoms with van der Waals surface area (Å²) in [6, 6.07) is 7.43.